The fraction of sp³-hybridized carbons (Fsp3) is 0.214. The number of rotatable bonds is 1. The number of methoxy groups -OCH3 is 1. The van der Waals surface area contributed by atoms with E-state index < -0.39 is 0 Å². The maximum Gasteiger partial charge on any atom is 0.334 e. The van der Waals surface area contributed by atoms with Crippen molar-refractivity contribution in [3.8, 4) is 0 Å². The molecule has 0 fully saturated rings. The van der Waals surface area contributed by atoms with Crippen LogP contribution < -0.4 is 0 Å². The van der Waals surface area contributed by atoms with Gasteiger partial charge >= 0.3 is 5.97 Å². The van der Waals surface area contributed by atoms with Crippen LogP contribution in [0.2, 0.25) is 0 Å². The lowest BCUT2D eigenvalue weighted by atomic mass is 10.0. The summed E-state index contributed by atoms with van der Waals surface area (Å²) >= 11 is 0. The van der Waals surface area contributed by atoms with E-state index in [0.29, 0.717) is 12.0 Å². The summed E-state index contributed by atoms with van der Waals surface area (Å²) in [6, 6.07) is 8.06. The molecule has 2 heteroatoms. The van der Waals surface area contributed by atoms with E-state index >= 15 is 0 Å². The Morgan fingerprint density at radius 1 is 1.31 bits per heavy atom. The number of hydrogen-bond acceptors (Lipinski definition) is 2. The molecule has 1 aromatic carbocycles. The normalized spacial score (nSPS) is 14.4. The number of fused-ring (bicyclic) bond motifs is 1. The number of ether oxygens (including phenoxy) is 1. The quantitative estimate of drug-likeness (QED) is 0.671. The summed E-state index contributed by atoms with van der Waals surface area (Å²) in [6.07, 6.45) is 4.61. The molecule has 0 amide bonds. The number of allylic oxidation sites excluding steroid dienone is 2. The first-order chi connectivity index (χ1) is 7.72. The zero-order valence-corrected chi connectivity index (χ0v) is 9.49. The minimum atomic E-state index is -0.249. The fourth-order valence-electron chi connectivity index (χ4n) is 1.87. The highest BCUT2D eigenvalue weighted by atomic mass is 16.5. The van der Waals surface area contributed by atoms with Crippen molar-refractivity contribution in [1.82, 2.24) is 0 Å². The summed E-state index contributed by atoms with van der Waals surface area (Å²) in [6.45, 7) is 2.06. The average molecular weight is 214 g/mol. The van der Waals surface area contributed by atoms with Crippen LogP contribution in [0.1, 0.15) is 24.5 Å². The van der Waals surface area contributed by atoms with Crippen LogP contribution in [-0.2, 0) is 9.53 Å². The standard InChI is InChI=1S/C14H14O2/c1-10-7-8-12(14(15)16-2)9-11-5-3-4-6-13(10)11/h3-7,9H,8H2,1-2H3. The molecule has 0 bridgehead atoms. The van der Waals surface area contributed by atoms with E-state index in [1.807, 2.05) is 24.3 Å². The molecule has 0 heterocycles. The van der Waals surface area contributed by atoms with E-state index in [0.717, 1.165) is 5.56 Å². The van der Waals surface area contributed by atoms with Gasteiger partial charge in [-0.05, 0) is 36.1 Å². The van der Waals surface area contributed by atoms with E-state index in [1.54, 1.807) is 0 Å². The summed E-state index contributed by atoms with van der Waals surface area (Å²) < 4.78 is 4.76. The molecule has 0 N–H and O–H groups in total. The van der Waals surface area contributed by atoms with Crippen molar-refractivity contribution < 1.29 is 9.53 Å². The Morgan fingerprint density at radius 3 is 2.81 bits per heavy atom. The third kappa shape index (κ3) is 1.91. The predicted molar refractivity (Wildman–Crippen MR) is 64.7 cm³/mol. The second-order valence-corrected chi connectivity index (χ2v) is 3.84. The maximum absolute atomic E-state index is 11.5. The molecule has 1 aliphatic carbocycles. The van der Waals surface area contributed by atoms with Gasteiger partial charge in [-0.15, -0.1) is 0 Å². The third-order valence-corrected chi connectivity index (χ3v) is 2.79. The van der Waals surface area contributed by atoms with Gasteiger partial charge in [0.2, 0.25) is 0 Å². The summed E-state index contributed by atoms with van der Waals surface area (Å²) in [5, 5.41) is 0. The van der Waals surface area contributed by atoms with Crippen LogP contribution in [0.3, 0.4) is 0 Å². The third-order valence-electron chi connectivity index (χ3n) is 2.79. The van der Waals surface area contributed by atoms with Crippen molar-refractivity contribution in [3.63, 3.8) is 0 Å². The molecule has 0 spiro atoms. The second-order valence-electron chi connectivity index (χ2n) is 3.84. The van der Waals surface area contributed by atoms with Crippen LogP contribution in [0.25, 0.3) is 11.6 Å². The minimum absolute atomic E-state index is 0.249. The van der Waals surface area contributed by atoms with Crippen LogP contribution >= 0.6 is 0 Å². The lowest BCUT2D eigenvalue weighted by molar-refractivity contribution is -0.136. The molecular formula is C14H14O2. The summed E-state index contributed by atoms with van der Waals surface area (Å²) in [5.74, 6) is -0.249. The molecule has 1 aliphatic rings. The van der Waals surface area contributed by atoms with Crippen LogP contribution in [-0.4, -0.2) is 13.1 Å². The highest BCUT2D eigenvalue weighted by molar-refractivity contribution is 5.96. The van der Waals surface area contributed by atoms with E-state index in [4.69, 9.17) is 4.74 Å². The van der Waals surface area contributed by atoms with Crippen molar-refractivity contribution in [2.45, 2.75) is 13.3 Å². The van der Waals surface area contributed by atoms with E-state index in [1.165, 1.54) is 18.2 Å². The smallest absolute Gasteiger partial charge is 0.334 e. The Balaban J connectivity index is 2.51. The Kier molecular flexibility index (Phi) is 2.91. The molecule has 0 radical (unpaired) electrons. The number of carbonyl (C=O) groups excluding carboxylic acids is 1. The molecule has 2 rings (SSSR count). The number of esters is 1. The second kappa shape index (κ2) is 4.35. The first-order valence-electron chi connectivity index (χ1n) is 5.27. The van der Waals surface area contributed by atoms with E-state index in [2.05, 4.69) is 19.1 Å². The Labute approximate surface area is 95.2 Å². The molecule has 0 saturated carbocycles. The molecule has 1 aromatic rings. The van der Waals surface area contributed by atoms with Gasteiger partial charge in [-0.1, -0.05) is 30.3 Å². The highest BCUT2D eigenvalue weighted by Crippen LogP contribution is 2.26. The summed E-state index contributed by atoms with van der Waals surface area (Å²) in [4.78, 5) is 11.5. The van der Waals surface area contributed by atoms with Gasteiger partial charge in [0.15, 0.2) is 0 Å². The van der Waals surface area contributed by atoms with Gasteiger partial charge in [0, 0.05) is 5.57 Å². The Hall–Kier alpha value is -1.83. The molecule has 82 valence electrons. The van der Waals surface area contributed by atoms with Gasteiger partial charge in [-0.3, -0.25) is 0 Å². The molecule has 0 aromatic heterocycles. The topological polar surface area (TPSA) is 26.3 Å². The fourth-order valence-corrected chi connectivity index (χ4v) is 1.87. The average Bonchev–Trinajstić information content (AvgIpc) is 2.49. The van der Waals surface area contributed by atoms with Gasteiger partial charge < -0.3 is 4.74 Å². The van der Waals surface area contributed by atoms with Crippen molar-refractivity contribution in [1.29, 1.82) is 0 Å². The first kappa shape index (κ1) is 10.7. The lowest BCUT2D eigenvalue weighted by Crippen LogP contribution is -2.03. The molecule has 0 atom stereocenters. The highest BCUT2D eigenvalue weighted by Gasteiger charge is 2.13. The van der Waals surface area contributed by atoms with Gasteiger partial charge in [0.1, 0.15) is 0 Å². The molecule has 2 nitrogen and oxygen atoms in total. The summed E-state index contributed by atoms with van der Waals surface area (Å²) in [5.41, 5.74) is 4.16. The molecular weight excluding hydrogens is 200 g/mol. The SMILES string of the molecule is COC(=O)C1=Cc2ccccc2C(C)=CC1. The minimum Gasteiger partial charge on any atom is -0.466 e. The zero-order chi connectivity index (χ0) is 11.5. The van der Waals surface area contributed by atoms with E-state index in [9.17, 15) is 4.79 Å². The van der Waals surface area contributed by atoms with Gasteiger partial charge in [0.05, 0.1) is 7.11 Å². The predicted octanol–water partition coefficient (Wildman–Crippen LogP) is 3.05. The van der Waals surface area contributed by atoms with Crippen LogP contribution in [0.4, 0.5) is 0 Å². The summed E-state index contributed by atoms with van der Waals surface area (Å²) in [7, 11) is 1.41. The number of carbonyl (C=O) groups is 1. The van der Waals surface area contributed by atoms with Crippen LogP contribution in [0.15, 0.2) is 35.9 Å². The van der Waals surface area contributed by atoms with Crippen LogP contribution in [0.5, 0.6) is 0 Å². The number of benzene rings is 1. The van der Waals surface area contributed by atoms with Gasteiger partial charge in [-0.25, -0.2) is 4.79 Å². The maximum atomic E-state index is 11.5. The first-order valence-corrected chi connectivity index (χ1v) is 5.27. The molecule has 0 unspecified atom stereocenters. The van der Waals surface area contributed by atoms with Crippen LogP contribution in [0, 0.1) is 0 Å². The number of hydrogen-bond donors (Lipinski definition) is 0. The Morgan fingerprint density at radius 2 is 2.06 bits per heavy atom. The zero-order valence-electron chi connectivity index (χ0n) is 9.49. The van der Waals surface area contributed by atoms with Crippen molar-refractivity contribution in [2.24, 2.45) is 0 Å². The molecule has 0 saturated heterocycles. The van der Waals surface area contributed by atoms with Crippen molar-refractivity contribution in [3.05, 3.63) is 47.0 Å². The molecule has 0 aliphatic heterocycles. The van der Waals surface area contributed by atoms with Crippen molar-refractivity contribution >= 4 is 17.6 Å². The largest absolute Gasteiger partial charge is 0.466 e. The van der Waals surface area contributed by atoms with E-state index in [-0.39, 0.29) is 5.97 Å². The Bertz CT molecular complexity index is 481. The lowest BCUT2D eigenvalue weighted by Gasteiger charge is -2.03. The molecule has 16 heavy (non-hydrogen) atoms. The van der Waals surface area contributed by atoms with Gasteiger partial charge in [-0.2, -0.15) is 0 Å². The van der Waals surface area contributed by atoms with Crippen molar-refractivity contribution in [2.75, 3.05) is 7.11 Å². The monoisotopic (exact) mass is 214 g/mol. The van der Waals surface area contributed by atoms with Gasteiger partial charge in [0.25, 0.3) is 0 Å².